The lowest BCUT2D eigenvalue weighted by Crippen LogP contribution is -2.41. The van der Waals surface area contributed by atoms with E-state index in [1.807, 2.05) is 32.9 Å². The third-order valence-electron chi connectivity index (χ3n) is 5.49. The molecule has 4 heteroatoms. The number of anilines is 1. The molecular formula is C22H28N2O2. The van der Waals surface area contributed by atoms with Gasteiger partial charge in [-0.1, -0.05) is 32.0 Å². The molecule has 0 radical (unpaired) electrons. The maximum Gasteiger partial charge on any atom is 0.256 e. The number of nitrogens with zero attached hydrogens (tertiary/aromatic N) is 1. The van der Waals surface area contributed by atoms with Crippen molar-refractivity contribution in [2.75, 3.05) is 5.32 Å². The van der Waals surface area contributed by atoms with Crippen molar-refractivity contribution in [3.8, 4) is 0 Å². The zero-order valence-corrected chi connectivity index (χ0v) is 16.3. The van der Waals surface area contributed by atoms with Crippen molar-refractivity contribution >= 4 is 33.4 Å². The average molecular weight is 352 g/mol. The van der Waals surface area contributed by atoms with Crippen LogP contribution in [0.15, 0.2) is 36.4 Å². The van der Waals surface area contributed by atoms with Gasteiger partial charge < -0.3 is 15.0 Å². The summed E-state index contributed by atoms with van der Waals surface area (Å²) in [4.78, 5) is 12.6. The standard InChI is InChI=1S/C22H28N2O2/c1-6-22(26,7-2)21(25)23-17-12-13-19-20(15(17)5)16-10-8-9-11-18(16)24(19)14(3)4/h8-14,26H,6-7H2,1-5H3,(H,23,25). The molecule has 3 aromatic rings. The van der Waals surface area contributed by atoms with Crippen LogP contribution in [0.3, 0.4) is 0 Å². The molecule has 0 bridgehead atoms. The molecule has 0 aliphatic carbocycles. The fourth-order valence-corrected chi connectivity index (χ4v) is 3.76. The maximum atomic E-state index is 12.6. The topological polar surface area (TPSA) is 54.3 Å². The number of fused-ring (bicyclic) bond motifs is 3. The van der Waals surface area contributed by atoms with E-state index in [0.717, 1.165) is 22.2 Å². The molecule has 26 heavy (non-hydrogen) atoms. The van der Waals surface area contributed by atoms with Gasteiger partial charge in [0.25, 0.3) is 5.91 Å². The van der Waals surface area contributed by atoms with Crippen LogP contribution in [-0.2, 0) is 4.79 Å². The van der Waals surface area contributed by atoms with Gasteiger partial charge in [-0.3, -0.25) is 4.79 Å². The summed E-state index contributed by atoms with van der Waals surface area (Å²) >= 11 is 0. The summed E-state index contributed by atoms with van der Waals surface area (Å²) in [5.74, 6) is -0.336. The van der Waals surface area contributed by atoms with Crippen molar-refractivity contribution in [1.29, 1.82) is 0 Å². The largest absolute Gasteiger partial charge is 0.380 e. The van der Waals surface area contributed by atoms with Crippen molar-refractivity contribution in [1.82, 2.24) is 4.57 Å². The smallest absolute Gasteiger partial charge is 0.256 e. The third kappa shape index (κ3) is 2.78. The molecule has 1 aromatic heterocycles. The van der Waals surface area contributed by atoms with Crippen molar-refractivity contribution in [3.63, 3.8) is 0 Å². The molecule has 0 saturated heterocycles. The summed E-state index contributed by atoms with van der Waals surface area (Å²) in [7, 11) is 0. The van der Waals surface area contributed by atoms with E-state index in [2.05, 4.69) is 48.0 Å². The van der Waals surface area contributed by atoms with Crippen LogP contribution in [0.25, 0.3) is 21.8 Å². The van der Waals surface area contributed by atoms with Gasteiger partial charge in [0, 0.05) is 33.5 Å². The lowest BCUT2D eigenvalue weighted by molar-refractivity contribution is -0.134. The first-order valence-electron chi connectivity index (χ1n) is 9.40. The van der Waals surface area contributed by atoms with Crippen molar-refractivity contribution < 1.29 is 9.90 Å². The fourth-order valence-electron chi connectivity index (χ4n) is 3.76. The predicted octanol–water partition coefficient (Wildman–Crippen LogP) is 5.17. The van der Waals surface area contributed by atoms with E-state index >= 15 is 0 Å². The monoisotopic (exact) mass is 352 g/mol. The molecule has 0 spiro atoms. The zero-order valence-electron chi connectivity index (χ0n) is 16.3. The summed E-state index contributed by atoms with van der Waals surface area (Å²) in [5.41, 5.74) is 2.82. The van der Waals surface area contributed by atoms with Crippen molar-refractivity contribution in [2.45, 2.75) is 59.1 Å². The molecule has 2 N–H and O–H groups in total. The molecule has 0 unspecified atom stereocenters. The highest BCUT2D eigenvalue weighted by atomic mass is 16.3. The van der Waals surface area contributed by atoms with E-state index in [0.29, 0.717) is 18.9 Å². The minimum absolute atomic E-state index is 0.336. The number of para-hydroxylation sites is 1. The Morgan fingerprint density at radius 1 is 1.12 bits per heavy atom. The van der Waals surface area contributed by atoms with Gasteiger partial charge in [-0.15, -0.1) is 0 Å². The van der Waals surface area contributed by atoms with E-state index in [-0.39, 0.29) is 5.91 Å². The summed E-state index contributed by atoms with van der Waals surface area (Å²) in [6.07, 6.45) is 0.784. The first-order chi connectivity index (χ1) is 12.3. The Morgan fingerprint density at radius 2 is 1.77 bits per heavy atom. The third-order valence-corrected chi connectivity index (χ3v) is 5.49. The molecule has 0 aliphatic heterocycles. The van der Waals surface area contributed by atoms with Crippen LogP contribution < -0.4 is 5.32 Å². The molecule has 2 aromatic carbocycles. The first kappa shape index (κ1) is 18.5. The summed E-state index contributed by atoms with van der Waals surface area (Å²) < 4.78 is 2.33. The van der Waals surface area contributed by atoms with Gasteiger partial charge in [0.05, 0.1) is 0 Å². The van der Waals surface area contributed by atoms with Crippen molar-refractivity contribution in [2.24, 2.45) is 0 Å². The number of carbonyl (C=O) groups excluding carboxylic acids is 1. The van der Waals surface area contributed by atoms with Gasteiger partial charge in [0.15, 0.2) is 0 Å². The highest BCUT2D eigenvalue weighted by molar-refractivity contribution is 6.12. The summed E-state index contributed by atoms with van der Waals surface area (Å²) in [5, 5.41) is 15.8. The number of aromatic nitrogens is 1. The molecule has 4 nitrogen and oxygen atoms in total. The zero-order chi connectivity index (χ0) is 19.1. The molecule has 3 rings (SSSR count). The lowest BCUT2D eigenvalue weighted by atomic mass is 9.96. The van der Waals surface area contributed by atoms with Gasteiger partial charge in [0.2, 0.25) is 0 Å². The number of benzene rings is 2. The Morgan fingerprint density at radius 3 is 2.38 bits per heavy atom. The number of nitrogens with one attached hydrogen (secondary N) is 1. The Kier molecular flexibility index (Phi) is 4.80. The predicted molar refractivity (Wildman–Crippen MR) is 109 cm³/mol. The van der Waals surface area contributed by atoms with E-state index in [1.54, 1.807) is 0 Å². The van der Waals surface area contributed by atoms with Crippen LogP contribution in [0.4, 0.5) is 5.69 Å². The summed E-state index contributed by atoms with van der Waals surface area (Å²) in [6, 6.07) is 12.7. The number of hydrogen-bond donors (Lipinski definition) is 2. The second-order valence-electron chi connectivity index (χ2n) is 7.31. The van der Waals surface area contributed by atoms with Crippen LogP contribution in [0.1, 0.15) is 52.1 Å². The number of hydrogen-bond acceptors (Lipinski definition) is 2. The number of aliphatic hydroxyl groups is 1. The SMILES string of the molecule is CCC(O)(CC)C(=O)Nc1ccc2c(c1C)c1ccccc1n2C(C)C. The second kappa shape index (κ2) is 6.76. The highest BCUT2D eigenvalue weighted by Gasteiger charge is 2.32. The molecule has 1 heterocycles. The minimum atomic E-state index is -1.33. The van der Waals surface area contributed by atoms with Crippen LogP contribution in [0.2, 0.25) is 0 Å². The van der Waals surface area contributed by atoms with Gasteiger partial charge in [-0.2, -0.15) is 0 Å². The van der Waals surface area contributed by atoms with Gasteiger partial charge >= 0.3 is 0 Å². The van der Waals surface area contributed by atoms with E-state index in [9.17, 15) is 9.90 Å². The van der Waals surface area contributed by atoms with E-state index in [4.69, 9.17) is 0 Å². The van der Waals surface area contributed by atoms with Crippen LogP contribution >= 0.6 is 0 Å². The van der Waals surface area contributed by atoms with Crippen LogP contribution in [0, 0.1) is 6.92 Å². The summed E-state index contributed by atoms with van der Waals surface area (Å²) in [6.45, 7) is 10.1. The molecule has 1 amide bonds. The molecule has 0 saturated carbocycles. The molecule has 138 valence electrons. The van der Waals surface area contributed by atoms with Crippen molar-refractivity contribution in [3.05, 3.63) is 42.0 Å². The lowest BCUT2D eigenvalue weighted by Gasteiger charge is -2.24. The Balaban J connectivity index is 2.18. The Bertz CT molecular complexity index is 965. The normalized spacial score (nSPS) is 12.3. The minimum Gasteiger partial charge on any atom is -0.380 e. The number of aryl methyl sites for hydroxylation is 1. The maximum absolute atomic E-state index is 12.6. The van der Waals surface area contributed by atoms with Crippen LogP contribution in [-0.4, -0.2) is 21.2 Å². The van der Waals surface area contributed by atoms with Gasteiger partial charge in [0.1, 0.15) is 5.60 Å². The van der Waals surface area contributed by atoms with E-state index < -0.39 is 5.60 Å². The number of rotatable bonds is 5. The quantitative estimate of drug-likeness (QED) is 0.665. The van der Waals surface area contributed by atoms with Gasteiger partial charge in [-0.25, -0.2) is 0 Å². The first-order valence-corrected chi connectivity index (χ1v) is 9.40. The number of amides is 1. The molecule has 0 fully saturated rings. The average Bonchev–Trinajstić information content (AvgIpc) is 2.98. The number of carbonyl (C=O) groups is 1. The molecule has 0 aliphatic rings. The van der Waals surface area contributed by atoms with Gasteiger partial charge in [-0.05, 0) is 57.4 Å². The highest BCUT2D eigenvalue weighted by Crippen LogP contribution is 2.36. The Labute approximate surface area is 154 Å². The van der Waals surface area contributed by atoms with E-state index in [1.165, 1.54) is 10.9 Å². The second-order valence-corrected chi connectivity index (χ2v) is 7.31. The Hall–Kier alpha value is -2.33. The molecular weight excluding hydrogens is 324 g/mol. The fraction of sp³-hybridized carbons (Fsp3) is 0.409. The molecule has 0 atom stereocenters. The van der Waals surface area contributed by atoms with Crippen LogP contribution in [0.5, 0.6) is 0 Å².